The molecule has 0 spiro atoms. The molecule has 0 aliphatic heterocycles. The van der Waals surface area contributed by atoms with Crippen LogP contribution in [0.2, 0.25) is 0 Å². The Morgan fingerprint density at radius 1 is 1.43 bits per heavy atom. The fourth-order valence-corrected chi connectivity index (χ4v) is 1.91. The molecule has 0 radical (unpaired) electrons. The molecule has 1 saturated carbocycles. The molecule has 0 aromatic carbocycles. The van der Waals surface area contributed by atoms with Crippen molar-refractivity contribution >= 4 is 11.8 Å². The summed E-state index contributed by atoms with van der Waals surface area (Å²) in [6.45, 7) is 1.82. The molecule has 0 bridgehead atoms. The van der Waals surface area contributed by atoms with Gasteiger partial charge in [0.15, 0.2) is 0 Å². The van der Waals surface area contributed by atoms with Gasteiger partial charge in [-0.15, -0.1) is 0 Å². The molecule has 80 valence electrons. The molecule has 1 rings (SSSR count). The number of hydrogen-bond acceptors (Lipinski definition) is 2. The summed E-state index contributed by atoms with van der Waals surface area (Å²) in [5.41, 5.74) is 5.24. The van der Waals surface area contributed by atoms with E-state index in [0.717, 1.165) is 19.3 Å². The van der Waals surface area contributed by atoms with Gasteiger partial charge in [-0.3, -0.25) is 9.59 Å². The SMILES string of the molecule is CCC(=O)NC1CCCC(C(N)=O)C1. The molecular formula is C10H18N2O2. The van der Waals surface area contributed by atoms with Crippen LogP contribution in [0.25, 0.3) is 0 Å². The first-order chi connectivity index (χ1) is 6.63. The lowest BCUT2D eigenvalue weighted by Crippen LogP contribution is -2.40. The summed E-state index contributed by atoms with van der Waals surface area (Å²) in [4.78, 5) is 22.1. The Bertz CT molecular complexity index is 228. The van der Waals surface area contributed by atoms with Gasteiger partial charge in [-0.1, -0.05) is 13.3 Å². The summed E-state index contributed by atoms with van der Waals surface area (Å²) >= 11 is 0. The Morgan fingerprint density at radius 2 is 2.14 bits per heavy atom. The van der Waals surface area contributed by atoms with Crippen LogP contribution >= 0.6 is 0 Å². The first-order valence-corrected chi connectivity index (χ1v) is 5.22. The molecule has 2 atom stereocenters. The first kappa shape index (κ1) is 11.0. The standard InChI is InChI=1S/C10H18N2O2/c1-2-9(13)12-8-5-3-4-7(6-8)10(11)14/h7-8H,2-6H2,1H3,(H2,11,14)(H,12,13). The van der Waals surface area contributed by atoms with Crippen molar-refractivity contribution in [3.63, 3.8) is 0 Å². The highest BCUT2D eigenvalue weighted by Crippen LogP contribution is 2.23. The van der Waals surface area contributed by atoms with Crippen molar-refractivity contribution in [3.05, 3.63) is 0 Å². The minimum absolute atomic E-state index is 0.0501. The predicted molar refractivity (Wildman–Crippen MR) is 53.4 cm³/mol. The number of carbonyl (C=O) groups excluding carboxylic acids is 2. The normalized spacial score (nSPS) is 26.9. The van der Waals surface area contributed by atoms with Gasteiger partial charge in [-0.25, -0.2) is 0 Å². The van der Waals surface area contributed by atoms with Crippen molar-refractivity contribution in [1.29, 1.82) is 0 Å². The van der Waals surface area contributed by atoms with Crippen LogP contribution in [0.5, 0.6) is 0 Å². The Hall–Kier alpha value is -1.06. The molecule has 2 amide bonds. The van der Waals surface area contributed by atoms with Crippen LogP contribution in [0.1, 0.15) is 39.0 Å². The van der Waals surface area contributed by atoms with E-state index in [1.807, 2.05) is 6.92 Å². The van der Waals surface area contributed by atoms with Gasteiger partial charge in [0.05, 0.1) is 0 Å². The average molecular weight is 198 g/mol. The number of rotatable bonds is 3. The second-order valence-electron chi connectivity index (χ2n) is 3.88. The maximum Gasteiger partial charge on any atom is 0.220 e. The minimum Gasteiger partial charge on any atom is -0.369 e. The van der Waals surface area contributed by atoms with Crippen molar-refractivity contribution in [3.8, 4) is 0 Å². The molecule has 3 N–H and O–H groups in total. The molecule has 2 unspecified atom stereocenters. The van der Waals surface area contributed by atoms with E-state index in [-0.39, 0.29) is 23.8 Å². The van der Waals surface area contributed by atoms with E-state index in [4.69, 9.17) is 5.73 Å². The molecule has 0 saturated heterocycles. The van der Waals surface area contributed by atoms with Crippen molar-refractivity contribution in [2.75, 3.05) is 0 Å². The molecule has 4 nitrogen and oxygen atoms in total. The lowest BCUT2D eigenvalue weighted by molar-refractivity contribution is -0.125. The first-order valence-electron chi connectivity index (χ1n) is 5.22. The third-order valence-electron chi connectivity index (χ3n) is 2.76. The predicted octanol–water partition coefficient (Wildman–Crippen LogP) is 0.557. The van der Waals surface area contributed by atoms with Gasteiger partial charge in [-0.05, 0) is 19.3 Å². The lowest BCUT2D eigenvalue weighted by Gasteiger charge is -2.27. The number of hydrogen-bond donors (Lipinski definition) is 2. The molecule has 1 aliphatic carbocycles. The van der Waals surface area contributed by atoms with Gasteiger partial charge in [0.1, 0.15) is 0 Å². The monoisotopic (exact) mass is 198 g/mol. The Labute approximate surface area is 84.2 Å². The van der Waals surface area contributed by atoms with Gasteiger partial charge in [-0.2, -0.15) is 0 Å². The molecule has 0 aromatic heterocycles. The van der Waals surface area contributed by atoms with E-state index in [9.17, 15) is 9.59 Å². The van der Waals surface area contributed by atoms with Gasteiger partial charge in [0.2, 0.25) is 11.8 Å². The summed E-state index contributed by atoms with van der Waals surface area (Å²) < 4.78 is 0. The third kappa shape index (κ3) is 3.01. The summed E-state index contributed by atoms with van der Waals surface area (Å²) in [6, 6.07) is 0.147. The molecule has 0 heterocycles. The molecule has 1 aliphatic rings. The van der Waals surface area contributed by atoms with Crippen LogP contribution in [-0.4, -0.2) is 17.9 Å². The zero-order chi connectivity index (χ0) is 10.6. The number of carbonyl (C=O) groups is 2. The number of amides is 2. The molecule has 0 aromatic rings. The van der Waals surface area contributed by atoms with Crippen molar-refractivity contribution in [2.45, 2.75) is 45.1 Å². The van der Waals surface area contributed by atoms with E-state index in [1.165, 1.54) is 0 Å². The Balaban J connectivity index is 2.40. The topological polar surface area (TPSA) is 72.2 Å². The van der Waals surface area contributed by atoms with Crippen LogP contribution in [0.15, 0.2) is 0 Å². The van der Waals surface area contributed by atoms with Crippen molar-refractivity contribution < 1.29 is 9.59 Å². The zero-order valence-electron chi connectivity index (χ0n) is 8.58. The third-order valence-corrected chi connectivity index (χ3v) is 2.76. The van der Waals surface area contributed by atoms with Crippen LogP contribution in [-0.2, 0) is 9.59 Å². The summed E-state index contributed by atoms with van der Waals surface area (Å²) in [7, 11) is 0. The Kier molecular flexibility index (Phi) is 3.92. The van der Waals surface area contributed by atoms with Gasteiger partial charge < -0.3 is 11.1 Å². The zero-order valence-corrected chi connectivity index (χ0v) is 8.58. The van der Waals surface area contributed by atoms with Crippen molar-refractivity contribution in [2.24, 2.45) is 11.7 Å². The molecular weight excluding hydrogens is 180 g/mol. The Morgan fingerprint density at radius 3 is 2.71 bits per heavy atom. The van der Waals surface area contributed by atoms with E-state index in [2.05, 4.69) is 5.32 Å². The van der Waals surface area contributed by atoms with E-state index < -0.39 is 0 Å². The average Bonchev–Trinajstić information content (AvgIpc) is 2.18. The number of nitrogens with one attached hydrogen (secondary N) is 1. The second-order valence-corrected chi connectivity index (χ2v) is 3.88. The van der Waals surface area contributed by atoms with Crippen molar-refractivity contribution in [1.82, 2.24) is 5.32 Å². The minimum atomic E-state index is -0.236. The molecule has 1 fully saturated rings. The fourth-order valence-electron chi connectivity index (χ4n) is 1.91. The maximum absolute atomic E-state index is 11.1. The van der Waals surface area contributed by atoms with E-state index in [0.29, 0.717) is 12.8 Å². The lowest BCUT2D eigenvalue weighted by atomic mass is 9.85. The highest BCUT2D eigenvalue weighted by Gasteiger charge is 2.26. The number of nitrogens with two attached hydrogens (primary N) is 1. The summed E-state index contributed by atoms with van der Waals surface area (Å²) in [6.07, 6.45) is 4.02. The quantitative estimate of drug-likeness (QED) is 0.695. The summed E-state index contributed by atoms with van der Waals surface area (Å²) in [5, 5.41) is 2.91. The largest absolute Gasteiger partial charge is 0.369 e. The molecule has 4 heteroatoms. The molecule has 14 heavy (non-hydrogen) atoms. The van der Waals surface area contributed by atoms with E-state index >= 15 is 0 Å². The highest BCUT2D eigenvalue weighted by molar-refractivity contribution is 5.78. The second kappa shape index (κ2) is 4.98. The van der Waals surface area contributed by atoms with Gasteiger partial charge in [0.25, 0.3) is 0 Å². The van der Waals surface area contributed by atoms with E-state index in [1.54, 1.807) is 0 Å². The number of primary amides is 1. The van der Waals surface area contributed by atoms with Crippen LogP contribution in [0.4, 0.5) is 0 Å². The smallest absolute Gasteiger partial charge is 0.220 e. The highest BCUT2D eigenvalue weighted by atomic mass is 16.2. The van der Waals surface area contributed by atoms with Crippen LogP contribution in [0, 0.1) is 5.92 Å². The van der Waals surface area contributed by atoms with Crippen LogP contribution in [0.3, 0.4) is 0 Å². The van der Waals surface area contributed by atoms with Gasteiger partial charge in [0, 0.05) is 18.4 Å². The maximum atomic E-state index is 11.1. The van der Waals surface area contributed by atoms with Gasteiger partial charge >= 0.3 is 0 Å². The summed E-state index contributed by atoms with van der Waals surface area (Å²) in [5.74, 6) is -0.230. The van der Waals surface area contributed by atoms with Crippen LogP contribution < -0.4 is 11.1 Å². The fraction of sp³-hybridized carbons (Fsp3) is 0.800.